The van der Waals surface area contributed by atoms with E-state index in [1.807, 2.05) is 0 Å². The van der Waals surface area contributed by atoms with Gasteiger partial charge in [-0.25, -0.2) is 28.6 Å². The van der Waals surface area contributed by atoms with E-state index in [1.54, 1.807) is 0 Å². The van der Waals surface area contributed by atoms with E-state index >= 15 is 0 Å². The van der Waals surface area contributed by atoms with Crippen LogP contribution in [-0.4, -0.2) is 152 Å². The minimum Gasteiger partial charge on any atom is -0.480 e. The number of aliphatic hydroxyl groups is 2. The number of hydrogen-bond acceptors (Lipinski definition) is 21. The number of carboxylic acid groups (broad SMARTS) is 1. The van der Waals surface area contributed by atoms with Crippen LogP contribution >= 0.6 is 35.2 Å². The van der Waals surface area contributed by atoms with Crippen molar-refractivity contribution in [1.29, 1.82) is 0 Å². The number of phosphoric acid groups is 3. The molecule has 2 unspecified atom stereocenters. The lowest BCUT2D eigenvalue weighted by Gasteiger charge is -2.30. The predicted molar refractivity (Wildman–Crippen MR) is 210 cm³/mol. The number of nitrogens with one attached hydrogen (secondary N) is 3. The fourth-order valence-electron chi connectivity index (χ4n) is 5.19. The smallest absolute Gasteiger partial charge is 0.480 e. The largest absolute Gasteiger partial charge is 0.481 e. The number of nitrogens with two attached hydrogens (primary N) is 2. The first-order valence-electron chi connectivity index (χ1n) is 18.0. The van der Waals surface area contributed by atoms with Gasteiger partial charge in [0.2, 0.25) is 22.8 Å². The van der Waals surface area contributed by atoms with Crippen LogP contribution in [0.5, 0.6) is 0 Å². The monoisotopic (exact) mass is 967 g/mol. The number of nitrogen functional groups attached to an aromatic ring is 1. The van der Waals surface area contributed by atoms with Gasteiger partial charge in [-0.3, -0.25) is 42.1 Å². The number of imidazole rings is 1. The summed E-state index contributed by atoms with van der Waals surface area (Å²) in [5.41, 5.74) is 9.51. The molecule has 14 N–H and O–H groups in total. The number of ether oxygens (including phenoxy) is 1. The fraction of sp³-hybridized carbons (Fsp3) is 0.655. The van der Waals surface area contributed by atoms with Crippen LogP contribution in [0.25, 0.3) is 11.2 Å². The molecule has 2 aromatic rings. The van der Waals surface area contributed by atoms with Crippen molar-refractivity contribution in [2.75, 3.05) is 37.8 Å². The summed E-state index contributed by atoms with van der Waals surface area (Å²) in [6.07, 6.45) is -7.52. The van der Waals surface area contributed by atoms with Crippen LogP contribution in [0.4, 0.5) is 5.82 Å². The van der Waals surface area contributed by atoms with E-state index in [2.05, 4.69) is 39.7 Å². The van der Waals surface area contributed by atoms with E-state index in [0.29, 0.717) is 0 Å². The molecule has 0 spiro atoms. The van der Waals surface area contributed by atoms with Crippen LogP contribution in [0.3, 0.4) is 0 Å². The second kappa shape index (κ2) is 22.4. The summed E-state index contributed by atoms with van der Waals surface area (Å²) in [4.78, 5) is 111. The summed E-state index contributed by atoms with van der Waals surface area (Å²) < 4.78 is 62.1. The number of thioether (sulfide) groups is 1. The highest BCUT2D eigenvalue weighted by molar-refractivity contribution is 8.13. The van der Waals surface area contributed by atoms with Crippen LogP contribution in [0.2, 0.25) is 0 Å². The van der Waals surface area contributed by atoms with Crippen LogP contribution in [0, 0.1) is 5.41 Å². The number of hydrogen-bond donors (Lipinski definition) is 12. The number of carbonyl (C=O) groups excluding carboxylic acids is 4. The van der Waals surface area contributed by atoms with Crippen molar-refractivity contribution < 1.29 is 95.2 Å². The number of fused-ring (bicyclic) bond motifs is 1. The van der Waals surface area contributed by atoms with Crippen LogP contribution in [0.1, 0.15) is 46.3 Å². The number of aliphatic carboxylic acids is 1. The molecule has 3 rings (SSSR count). The molecular formula is C29H48N9O20P3S. The number of anilines is 1. The molecule has 1 aliphatic rings. The Labute approximate surface area is 355 Å². The molecule has 62 heavy (non-hydrogen) atoms. The highest BCUT2D eigenvalue weighted by Crippen LogP contribution is 2.61. The topological polar surface area (TPSA) is 456 Å². The lowest BCUT2D eigenvalue weighted by Crippen LogP contribution is -2.46. The molecule has 0 aromatic carbocycles. The second-order valence-electron chi connectivity index (χ2n) is 14.0. The Morgan fingerprint density at radius 1 is 1.00 bits per heavy atom. The van der Waals surface area contributed by atoms with Gasteiger partial charge < -0.3 is 67.0 Å². The van der Waals surface area contributed by atoms with E-state index < -0.39 is 114 Å². The van der Waals surface area contributed by atoms with Crippen molar-refractivity contribution in [3.05, 3.63) is 12.7 Å². The number of aromatic nitrogens is 4. The molecule has 0 aliphatic carbocycles. The van der Waals surface area contributed by atoms with Gasteiger partial charge in [0.15, 0.2) is 17.7 Å². The molecule has 1 aliphatic heterocycles. The van der Waals surface area contributed by atoms with Crippen LogP contribution < -0.4 is 27.4 Å². The van der Waals surface area contributed by atoms with Gasteiger partial charge in [0.25, 0.3) is 0 Å². The van der Waals surface area contributed by atoms with Gasteiger partial charge in [-0.15, -0.1) is 0 Å². The predicted octanol–water partition coefficient (Wildman–Crippen LogP) is -2.64. The normalized spacial score (nSPS) is 21.6. The lowest BCUT2D eigenvalue weighted by molar-refractivity contribution is -0.139. The molecule has 0 saturated carbocycles. The van der Waals surface area contributed by atoms with E-state index in [0.717, 1.165) is 29.0 Å². The average molecular weight is 968 g/mol. The molecule has 33 heteroatoms. The Balaban J connectivity index is 1.42. The van der Waals surface area contributed by atoms with Crippen molar-refractivity contribution in [1.82, 2.24) is 35.5 Å². The number of phosphoric ester groups is 3. The van der Waals surface area contributed by atoms with Crippen molar-refractivity contribution in [2.24, 2.45) is 11.1 Å². The first-order chi connectivity index (χ1) is 28.6. The fourth-order valence-corrected chi connectivity index (χ4v) is 8.73. The highest BCUT2D eigenvalue weighted by Gasteiger charge is 2.50. The third-order valence-electron chi connectivity index (χ3n) is 8.48. The van der Waals surface area contributed by atoms with Crippen LogP contribution in [0.15, 0.2) is 12.7 Å². The zero-order valence-electron chi connectivity index (χ0n) is 33.0. The number of amides is 3. The third kappa shape index (κ3) is 16.2. The molecule has 3 amide bonds. The van der Waals surface area contributed by atoms with Gasteiger partial charge in [-0.05, 0) is 13.3 Å². The Kier molecular flexibility index (Phi) is 19.1. The average Bonchev–Trinajstić information content (AvgIpc) is 3.73. The molecule has 1 saturated heterocycles. The first kappa shape index (κ1) is 52.8. The van der Waals surface area contributed by atoms with Crippen molar-refractivity contribution in [3.8, 4) is 0 Å². The van der Waals surface area contributed by atoms with E-state index in [4.69, 9.17) is 30.4 Å². The maximum Gasteiger partial charge on any atom is 0.481 e. The van der Waals surface area contributed by atoms with Gasteiger partial charge in [-0.1, -0.05) is 25.6 Å². The second-order valence-corrected chi connectivity index (χ2v) is 19.3. The SMILES string of the molecule is C[C@@H](NC(=O)CC[C@@H](N)C(=O)O)C(=O)SCCNC(=O)CCNC(=O)[C@H](O)C(C)(C)COP(=O)(O)OP(=O)(O)OC[C@H]1O[C@@H](n2cnc3c(N)ncnc32)[C@H](O)[C@@H]1OP(=O)(O)O. The van der Waals surface area contributed by atoms with Crippen molar-refractivity contribution >= 4 is 81.0 Å². The molecular weight excluding hydrogens is 919 g/mol. The molecule has 350 valence electrons. The summed E-state index contributed by atoms with van der Waals surface area (Å²) in [5, 5.41) is 37.0. The Bertz CT molecular complexity index is 2080. The zero-order chi connectivity index (χ0) is 46.8. The van der Waals surface area contributed by atoms with E-state index in [-0.39, 0.29) is 55.1 Å². The number of nitrogens with zero attached hydrogens (tertiary/aromatic N) is 4. The van der Waals surface area contributed by atoms with Gasteiger partial charge in [0, 0.05) is 37.1 Å². The lowest BCUT2D eigenvalue weighted by atomic mass is 9.87. The number of rotatable bonds is 25. The summed E-state index contributed by atoms with van der Waals surface area (Å²) in [6, 6.07) is -2.12. The Morgan fingerprint density at radius 3 is 2.31 bits per heavy atom. The van der Waals surface area contributed by atoms with Crippen LogP contribution in [-0.2, 0) is 60.3 Å². The zero-order valence-corrected chi connectivity index (χ0v) is 36.5. The molecule has 1 fully saturated rings. The summed E-state index contributed by atoms with van der Waals surface area (Å²) in [6.45, 7) is 1.51. The minimum atomic E-state index is -5.61. The molecule has 0 bridgehead atoms. The van der Waals surface area contributed by atoms with Gasteiger partial charge in [-0.2, -0.15) is 4.31 Å². The third-order valence-corrected chi connectivity index (χ3v) is 12.6. The molecule has 3 heterocycles. The van der Waals surface area contributed by atoms with Gasteiger partial charge >= 0.3 is 29.4 Å². The number of carboxylic acids is 1. The molecule has 29 nitrogen and oxygen atoms in total. The van der Waals surface area contributed by atoms with E-state index in [1.165, 1.54) is 20.8 Å². The molecule has 2 aromatic heterocycles. The maximum absolute atomic E-state index is 12.7. The minimum absolute atomic E-state index is 0.0124. The summed E-state index contributed by atoms with van der Waals surface area (Å²) in [7, 11) is -16.5. The van der Waals surface area contributed by atoms with Crippen molar-refractivity contribution in [2.45, 2.75) is 82.8 Å². The number of carbonyl (C=O) groups is 5. The first-order valence-corrected chi connectivity index (χ1v) is 23.5. The standard InChI is InChI=1S/C29H48N9O20P3S/c1-14(37-18(40)5-4-15(30)27(44)45)28(46)62-9-8-32-17(39)6-7-33-25(43)22(42)29(2,3)11-55-61(52,53)58-60(50,51)54-10-16-21(57-59(47,48)49)20(41)26(56-16)38-13-36-19-23(31)34-12-35-24(19)38/h12-16,20-22,26,41-42H,4-11,30H2,1-3H3,(H,32,39)(H,33,43)(H,37,40)(H,44,45)(H,50,51)(H,52,53)(H2,31,34,35)(H2,47,48,49)/t14-,15-,16-,20-,21-,22+,26-/m1/s1. The Morgan fingerprint density at radius 2 is 1.66 bits per heavy atom. The molecule has 0 radical (unpaired) electrons. The maximum atomic E-state index is 12.7. The van der Waals surface area contributed by atoms with E-state index in [9.17, 15) is 67.5 Å². The summed E-state index contributed by atoms with van der Waals surface area (Å²) >= 11 is 0.816. The molecule has 9 atom stereocenters. The highest BCUT2D eigenvalue weighted by atomic mass is 32.2. The van der Waals surface area contributed by atoms with Crippen molar-refractivity contribution in [3.63, 3.8) is 0 Å². The summed E-state index contributed by atoms with van der Waals surface area (Å²) in [5.74, 6) is -3.35. The number of aliphatic hydroxyl groups excluding tert-OH is 2. The van der Waals surface area contributed by atoms with Gasteiger partial charge in [0.1, 0.15) is 42.3 Å². The quantitative estimate of drug-likeness (QED) is 0.0357. The van der Waals surface area contributed by atoms with Gasteiger partial charge in [0.05, 0.1) is 25.6 Å². The Hall–Kier alpha value is -3.54.